The van der Waals surface area contributed by atoms with Crippen molar-refractivity contribution in [3.8, 4) is 0 Å². The van der Waals surface area contributed by atoms with E-state index < -0.39 is 0 Å². The third-order valence-corrected chi connectivity index (χ3v) is 3.46. The van der Waals surface area contributed by atoms with Gasteiger partial charge in [0.05, 0.1) is 21.5 Å². The number of non-ortho nitro benzene ring substituents is 1. The van der Waals surface area contributed by atoms with Gasteiger partial charge in [-0.1, -0.05) is 18.2 Å². The second-order valence-electron chi connectivity index (χ2n) is 4.63. The molecular weight excluding hydrogens is 254 g/mol. The Morgan fingerprint density at radius 2 is 1.85 bits per heavy atom. The van der Waals surface area contributed by atoms with E-state index in [1.807, 2.05) is 40.8 Å². The van der Waals surface area contributed by atoms with E-state index in [9.17, 15) is 10.1 Å². The molecule has 2 aromatic heterocycles. The average molecular weight is 263 g/mol. The fraction of sp³-hybridized carbons (Fsp3) is 0. The summed E-state index contributed by atoms with van der Waals surface area (Å²) in [5.74, 6) is 0. The number of fused-ring (bicyclic) bond motifs is 5. The molecule has 96 valence electrons. The molecule has 0 radical (unpaired) electrons. The number of hydrogen-bond donors (Lipinski definition) is 0. The second kappa shape index (κ2) is 3.77. The van der Waals surface area contributed by atoms with Crippen molar-refractivity contribution in [3.05, 3.63) is 64.7 Å². The lowest BCUT2D eigenvalue weighted by molar-refractivity contribution is -0.384. The van der Waals surface area contributed by atoms with Crippen LogP contribution >= 0.6 is 0 Å². The van der Waals surface area contributed by atoms with Gasteiger partial charge in [0, 0.05) is 12.1 Å². The normalized spacial score (nSPS) is 11.4. The van der Waals surface area contributed by atoms with E-state index in [0.717, 1.165) is 27.6 Å². The maximum Gasteiger partial charge on any atom is 0.271 e. The summed E-state index contributed by atoms with van der Waals surface area (Å²) in [4.78, 5) is 15.1. The lowest BCUT2D eigenvalue weighted by Gasteiger charge is -2.02. The number of nitro benzene ring substituents is 1. The summed E-state index contributed by atoms with van der Waals surface area (Å²) < 4.78 is 1.96. The van der Waals surface area contributed by atoms with E-state index in [1.54, 1.807) is 12.1 Å². The number of hydrogen-bond acceptors (Lipinski definition) is 3. The zero-order valence-electron chi connectivity index (χ0n) is 10.4. The minimum Gasteiger partial charge on any atom is -0.292 e. The molecule has 0 atom stereocenters. The van der Waals surface area contributed by atoms with Crippen LogP contribution in [0.5, 0.6) is 0 Å². The van der Waals surface area contributed by atoms with Gasteiger partial charge < -0.3 is 0 Å². The fourth-order valence-corrected chi connectivity index (χ4v) is 2.56. The lowest BCUT2D eigenvalue weighted by Crippen LogP contribution is -1.90. The number of para-hydroxylation sites is 1. The van der Waals surface area contributed by atoms with Gasteiger partial charge in [0.15, 0.2) is 0 Å². The van der Waals surface area contributed by atoms with Crippen molar-refractivity contribution < 1.29 is 4.92 Å². The predicted octanol–water partition coefficient (Wildman–Crippen LogP) is 3.55. The van der Waals surface area contributed by atoms with Crippen molar-refractivity contribution in [3.63, 3.8) is 0 Å². The molecule has 0 spiro atoms. The van der Waals surface area contributed by atoms with Crippen LogP contribution in [0.25, 0.3) is 27.6 Å². The molecule has 0 N–H and O–H groups in total. The van der Waals surface area contributed by atoms with E-state index in [4.69, 9.17) is 0 Å². The zero-order valence-corrected chi connectivity index (χ0v) is 10.4. The standard InChI is InChI=1S/C15H9N3O2/c19-18(20)11-6-7-12-14(9-11)17-13-4-2-1-3-10(13)5-8-15(17)16-12/h1-9H. The summed E-state index contributed by atoms with van der Waals surface area (Å²) in [6.07, 6.45) is 0. The Hall–Kier alpha value is -2.95. The predicted molar refractivity (Wildman–Crippen MR) is 76.9 cm³/mol. The second-order valence-corrected chi connectivity index (χ2v) is 4.63. The van der Waals surface area contributed by atoms with Gasteiger partial charge in [0.25, 0.3) is 5.69 Å². The van der Waals surface area contributed by atoms with Gasteiger partial charge in [-0.2, -0.15) is 0 Å². The highest BCUT2D eigenvalue weighted by molar-refractivity contribution is 5.91. The Morgan fingerprint density at radius 3 is 2.70 bits per heavy atom. The SMILES string of the molecule is O=[N+]([O-])c1ccc2nc3ccc4ccccc4n3c2c1. The molecule has 20 heavy (non-hydrogen) atoms. The number of benzene rings is 2. The van der Waals surface area contributed by atoms with Crippen LogP contribution in [0.1, 0.15) is 0 Å². The molecule has 0 saturated heterocycles. The minimum absolute atomic E-state index is 0.0761. The van der Waals surface area contributed by atoms with Crippen LogP contribution in [0.2, 0.25) is 0 Å². The first-order valence-electron chi connectivity index (χ1n) is 6.18. The maximum atomic E-state index is 10.9. The highest BCUT2D eigenvalue weighted by Crippen LogP contribution is 2.25. The monoisotopic (exact) mass is 263 g/mol. The summed E-state index contributed by atoms with van der Waals surface area (Å²) >= 11 is 0. The van der Waals surface area contributed by atoms with Gasteiger partial charge >= 0.3 is 0 Å². The van der Waals surface area contributed by atoms with Gasteiger partial charge in [-0.05, 0) is 29.7 Å². The molecule has 5 nitrogen and oxygen atoms in total. The first kappa shape index (κ1) is 10.9. The first-order valence-corrected chi connectivity index (χ1v) is 6.18. The van der Waals surface area contributed by atoms with Crippen LogP contribution in [0.15, 0.2) is 54.6 Å². The third-order valence-electron chi connectivity index (χ3n) is 3.46. The number of nitrogens with zero attached hydrogens (tertiary/aromatic N) is 3. The number of imidazole rings is 1. The summed E-state index contributed by atoms with van der Waals surface area (Å²) in [7, 11) is 0. The molecule has 0 fully saturated rings. The van der Waals surface area contributed by atoms with Crippen LogP contribution < -0.4 is 0 Å². The lowest BCUT2D eigenvalue weighted by atomic mass is 10.2. The summed E-state index contributed by atoms with van der Waals surface area (Å²) in [6.45, 7) is 0. The van der Waals surface area contributed by atoms with Gasteiger partial charge in [-0.25, -0.2) is 4.98 Å². The van der Waals surface area contributed by atoms with E-state index in [0.29, 0.717) is 0 Å². The van der Waals surface area contributed by atoms with Crippen molar-refractivity contribution in [1.29, 1.82) is 0 Å². The van der Waals surface area contributed by atoms with E-state index in [1.165, 1.54) is 6.07 Å². The van der Waals surface area contributed by atoms with Crippen LogP contribution in [0.4, 0.5) is 5.69 Å². The average Bonchev–Trinajstić information content (AvgIpc) is 2.85. The van der Waals surface area contributed by atoms with E-state index in [-0.39, 0.29) is 10.6 Å². The Balaban J connectivity index is 2.25. The quantitative estimate of drug-likeness (QED) is 0.389. The molecule has 0 aliphatic rings. The number of pyridine rings is 1. The highest BCUT2D eigenvalue weighted by Gasteiger charge is 2.12. The van der Waals surface area contributed by atoms with Crippen molar-refractivity contribution >= 4 is 33.3 Å². The highest BCUT2D eigenvalue weighted by atomic mass is 16.6. The van der Waals surface area contributed by atoms with Crippen LogP contribution in [0.3, 0.4) is 0 Å². The molecule has 0 unspecified atom stereocenters. The summed E-state index contributed by atoms with van der Waals surface area (Å²) in [6, 6.07) is 16.6. The molecule has 2 aromatic carbocycles. The maximum absolute atomic E-state index is 10.9. The van der Waals surface area contributed by atoms with Crippen LogP contribution in [0, 0.1) is 10.1 Å². The molecule has 5 heteroatoms. The number of nitro groups is 1. The first-order chi connectivity index (χ1) is 9.74. The molecule has 0 aliphatic heterocycles. The number of rotatable bonds is 1. The Morgan fingerprint density at radius 1 is 1.00 bits per heavy atom. The molecule has 2 heterocycles. The molecule has 0 amide bonds. The van der Waals surface area contributed by atoms with Gasteiger partial charge in [-0.15, -0.1) is 0 Å². The minimum atomic E-state index is -0.385. The molecule has 4 aromatic rings. The third kappa shape index (κ3) is 1.40. The van der Waals surface area contributed by atoms with Crippen molar-refractivity contribution in [2.24, 2.45) is 0 Å². The van der Waals surface area contributed by atoms with E-state index in [2.05, 4.69) is 4.98 Å². The van der Waals surface area contributed by atoms with Crippen LogP contribution in [-0.4, -0.2) is 14.3 Å². The van der Waals surface area contributed by atoms with Crippen LogP contribution in [-0.2, 0) is 0 Å². The zero-order chi connectivity index (χ0) is 13.7. The van der Waals surface area contributed by atoms with Gasteiger partial charge in [0.2, 0.25) is 0 Å². The van der Waals surface area contributed by atoms with Gasteiger partial charge in [-0.3, -0.25) is 14.5 Å². The van der Waals surface area contributed by atoms with Crippen molar-refractivity contribution in [1.82, 2.24) is 9.38 Å². The van der Waals surface area contributed by atoms with E-state index >= 15 is 0 Å². The van der Waals surface area contributed by atoms with Crippen molar-refractivity contribution in [2.75, 3.05) is 0 Å². The summed E-state index contributed by atoms with van der Waals surface area (Å²) in [5, 5.41) is 12.0. The molecule has 0 aliphatic carbocycles. The Kier molecular flexibility index (Phi) is 2.06. The fourth-order valence-electron chi connectivity index (χ4n) is 2.56. The summed E-state index contributed by atoms with van der Waals surface area (Å²) in [5.41, 5.74) is 3.37. The number of aromatic nitrogens is 2. The molecule has 0 bridgehead atoms. The van der Waals surface area contributed by atoms with Crippen molar-refractivity contribution in [2.45, 2.75) is 0 Å². The molecule has 0 saturated carbocycles. The Labute approximate surface area is 113 Å². The molecular formula is C15H9N3O2. The largest absolute Gasteiger partial charge is 0.292 e. The molecule has 4 rings (SSSR count). The Bertz CT molecular complexity index is 988. The smallest absolute Gasteiger partial charge is 0.271 e. The topological polar surface area (TPSA) is 60.4 Å². The van der Waals surface area contributed by atoms with Gasteiger partial charge in [0.1, 0.15) is 5.65 Å².